The molecule has 14 nitrogen and oxygen atoms in total. The molecule has 0 radical (unpaired) electrons. The van der Waals surface area contributed by atoms with Crippen LogP contribution >= 0.6 is 22.9 Å². The summed E-state index contributed by atoms with van der Waals surface area (Å²) in [4.78, 5) is 57.0. The molecule has 17 heteroatoms. The molecule has 0 unspecified atom stereocenters. The summed E-state index contributed by atoms with van der Waals surface area (Å²) in [6.07, 6.45) is 2.56. The number of halogens is 1. The third-order valence-corrected chi connectivity index (χ3v) is 16.8. The van der Waals surface area contributed by atoms with Crippen molar-refractivity contribution >= 4 is 61.5 Å². The Balaban J connectivity index is 1.12. The molecular formula is C44H58ClN5O9S2. The predicted molar refractivity (Wildman–Crippen MR) is 233 cm³/mol. The lowest BCUT2D eigenvalue weighted by atomic mass is 9.80. The number of nitrogens with zero attached hydrogens (tertiary/aromatic N) is 4. The van der Waals surface area contributed by atoms with Gasteiger partial charge >= 0.3 is 0 Å². The van der Waals surface area contributed by atoms with Crippen LogP contribution in [0.1, 0.15) is 97.6 Å². The number of amides is 2. The Morgan fingerprint density at radius 2 is 1.87 bits per heavy atom. The highest BCUT2D eigenvalue weighted by Crippen LogP contribution is 2.58. The quantitative estimate of drug-likeness (QED) is 0.159. The summed E-state index contributed by atoms with van der Waals surface area (Å²) in [6.45, 7) is 14.1. The van der Waals surface area contributed by atoms with Crippen LogP contribution in [0.3, 0.4) is 0 Å². The van der Waals surface area contributed by atoms with Crippen molar-refractivity contribution in [1.29, 1.82) is 0 Å². The Labute approximate surface area is 367 Å². The second-order valence-electron chi connectivity index (χ2n) is 18.3. The van der Waals surface area contributed by atoms with Gasteiger partial charge < -0.3 is 23.8 Å². The number of piperidine rings is 1. The van der Waals surface area contributed by atoms with Gasteiger partial charge in [0, 0.05) is 56.4 Å². The number of sulfonamides is 1. The maximum absolute atomic E-state index is 14.7. The van der Waals surface area contributed by atoms with Crippen molar-refractivity contribution in [3.05, 3.63) is 34.3 Å². The van der Waals surface area contributed by atoms with Gasteiger partial charge in [0.1, 0.15) is 39.9 Å². The van der Waals surface area contributed by atoms with Crippen molar-refractivity contribution in [3.8, 4) is 22.2 Å². The van der Waals surface area contributed by atoms with Gasteiger partial charge in [0.15, 0.2) is 5.78 Å². The van der Waals surface area contributed by atoms with Crippen molar-refractivity contribution < 1.29 is 41.7 Å². The van der Waals surface area contributed by atoms with Gasteiger partial charge in [0.25, 0.3) is 0 Å². The summed E-state index contributed by atoms with van der Waals surface area (Å²) in [6, 6.07) is 4.21. The minimum Gasteiger partial charge on any atom is -0.491 e. The lowest BCUT2D eigenvalue weighted by Gasteiger charge is -2.43. The molecule has 8 rings (SSSR count). The van der Waals surface area contributed by atoms with Crippen LogP contribution in [-0.2, 0) is 33.9 Å². The third-order valence-electron chi connectivity index (χ3n) is 13.7. The van der Waals surface area contributed by atoms with E-state index in [1.165, 1.54) is 11.3 Å². The lowest BCUT2D eigenvalue weighted by Crippen LogP contribution is -2.57. The van der Waals surface area contributed by atoms with Gasteiger partial charge in [0.05, 0.1) is 58.7 Å². The van der Waals surface area contributed by atoms with Gasteiger partial charge in [-0.1, -0.05) is 38.8 Å². The Hall–Kier alpha value is -3.41. The number of carbonyl (C=O) groups is 3. The number of benzene rings is 1. The minimum absolute atomic E-state index is 0.144. The number of carbonyl (C=O) groups excluding carboxylic acids is 3. The number of Topliss-reactive ketones (excluding diaryl/α,β-unsaturated/α-hetero) is 1. The maximum Gasteiger partial charge on any atom is 0.240 e. The number of aromatic nitrogens is 2. The number of hydrogen-bond donors (Lipinski definition) is 1. The molecule has 0 bridgehead atoms. The molecule has 5 aliphatic rings. The van der Waals surface area contributed by atoms with Crippen LogP contribution in [0.2, 0.25) is 5.02 Å². The Bertz CT molecular complexity index is 2280. The zero-order valence-corrected chi connectivity index (χ0v) is 38.3. The van der Waals surface area contributed by atoms with E-state index in [-0.39, 0.29) is 36.4 Å². The molecule has 3 aliphatic heterocycles. The first-order valence-corrected chi connectivity index (χ1v) is 24.5. The average molecular weight is 901 g/mol. The monoisotopic (exact) mass is 899 g/mol. The first-order valence-electron chi connectivity index (χ1n) is 21.7. The summed E-state index contributed by atoms with van der Waals surface area (Å²) in [5.41, 5.74) is 0.0502. The second kappa shape index (κ2) is 17.3. The number of ether oxygens (including phenoxy) is 4. The third kappa shape index (κ3) is 8.78. The summed E-state index contributed by atoms with van der Waals surface area (Å²) in [7, 11) is -2.23. The predicted octanol–water partition coefficient (Wildman–Crippen LogP) is 6.38. The van der Waals surface area contributed by atoms with Crippen LogP contribution in [0.5, 0.6) is 11.5 Å². The maximum atomic E-state index is 14.7. The highest BCUT2D eigenvalue weighted by Gasteiger charge is 2.63. The highest BCUT2D eigenvalue weighted by atomic mass is 35.5. The van der Waals surface area contributed by atoms with Gasteiger partial charge in [-0.3, -0.25) is 24.0 Å². The van der Waals surface area contributed by atoms with Gasteiger partial charge in [-0.05, 0) is 69.9 Å². The van der Waals surface area contributed by atoms with Gasteiger partial charge in [-0.15, -0.1) is 11.3 Å². The smallest absolute Gasteiger partial charge is 0.240 e. The van der Waals surface area contributed by atoms with E-state index in [0.717, 1.165) is 25.3 Å². The number of methoxy groups -OCH3 is 1. The molecule has 2 saturated carbocycles. The SMILES string of the molecule is CC[C@@H]1C[C@]1(CC(=O)[C@@H]1C[C@@H](Oc2cc(-c3nc(C(C)C)cs3)nc3c(Cl)c(OCCN4CCOCC4)ccc23)[C@H]2CC[C@H](C(C)(C)OC)C(=O)N21)C(=O)NS(=O)(=O)C1CC1. The van der Waals surface area contributed by atoms with Crippen molar-refractivity contribution in [2.45, 2.75) is 121 Å². The topological polar surface area (TPSA) is 167 Å². The van der Waals surface area contributed by atoms with E-state index < -0.39 is 56.3 Å². The number of ketones is 1. The van der Waals surface area contributed by atoms with Crippen molar-refractivity contribution in [2.24, 2.45) is 17.3 Å². The number of pyridine rings is 1. The molecular weight excluding hydrogens is 842 g/mol. The normalized spacial score (nSPS) is 27.0. The van der Waals surface area contributed by atoms with Crippen molar-refractivity contribution in [1.82, 2.24) is 24.5 Å². The summed E-state index contributed by atoms with van der Waals surface area (Å²) in [5, 5.41) is 3.13. The van der Waals surface area contributed by atoms with Gasteiger partial charge in [-0.2, -0.15) is 0 Å². The number of rotatable bonds is 17. The molecule has 1 aromatic carbocycles. The van der Waals surface area contributed by atoms with Crippen LogP contribution in [0, 0.1) is 17.3 Å². The molecule has 3 saturated heterocycles. The number of morpholine rings is 1. The zero-order valence-electron chi connectivity index (χ0n) is 35.9. The lowest BCUT2D eigenvalue weighted by molar-refractivity contribution is -0.158. The fourth-order valence-corrected chi connectivity index (χ4v) is 12.1. The fraction of sp³-hybridized carbons (Fsp3) is 0.659. The van der Waals surface area contributed by atoms with Crippen LogP contribution < -0.4 is 14.2 Å². The standard InChI is InChI=1S/C44H58ClN5O9S2/c1-7-26-22-44(26,42(53)48-61(54,55)27-8-9-27)23-34(51)33-21-37(32-12-11-29(41(52)50(32)33)43(4,5)56-6)59-36-20-30(40-47-31(24-60-40)25(2)3)46-39-28(36)10-13-35(38(39)45)58-19-16-49-14-17-57-18-15-49/h10,13,20,24-27,29,32-33,37H,7-9,11-12,14-19,21-23H2,1-6H3,(H,48,53)/t26-,29+,32-,33+,37-,44-/m1/s1. The summed E-state index contributed by atoms with van der Waals surface area (Å²) in [5.74, 6) is -0.556. The van der Waals surface area contributed by atoms with E-state index in [1.807, 2.05) is 44.4 Å². The van der Waals surface area contributed by atoms with Gasteiger partial charge in [0.2, 0.25) is 21.8 Å². The van der Waals surface area contributed by atoms with E-state index in [0.29, 0.717) is 96.5 Å². The van der Waals surface area contributed by atoms with Gasteiger partial charge in [-0.25, -0.2) is 18.4 Å². The van der Waals surface area contributed by atoms with Crippen molar-refractivity contribution in [2.75, 3.05) is 46.6 Å². The number of thiazole rings is 1. The molecule has 2 aliphatic carbocycles. The number of hydrogen-bond acceptors (Lipinski definition) is 13. The summed E-state index contributed by atoms with van der Waals surface area (Å²) >= 11 is 8.62. The first-order chi connectivity index (χ1) is 29.1. The van der Waals surface area contributed by atoms with E-state index in [9.17, 15) is 22.8 Å². The highest BCUT2D eigenvalue weighted by molar-refractivity contribution is 7.90. The second-order valence-corrected chi connectivity index (χ2v) is 21.5. The molecule has 2 aromatic heterocycles. The molecule has 5 heterocycles. The van der Waals surface area contributed by atoms with Crippen LogP contribution in [0.25, 0.3) is 21.6 Å². The van der Waals surface area contributed by atoms with E-state index in [1.54, 1.807) is 12.0 Å². The average Bonchev–Trinajstić information content (AvgIpc) is 4.13. The number of nitrogens with one attached hydrogen (secondary N) is 1. The van der Waals surface area contributed by atoms with E-state index in [2.05, 4.69) is 23.5 Å². The van der Waals surface area contributed by atoms with E-state index >= 15 is 0 Å². The zero-order chi connectivity index (χ0) is 43.4. The molecule has 2 amide bonds. The minimum atomic E-state index is -3.82. The molecule has 1 N–H and O–H groups in total. The van der Waals surface area contributed by atoms with Crippen LogP contribution in [0.15, 0.2) is 23.6 Å². The largest absolute Gasteiger partial charge is 0.491 e. The molecule has 5 fully saturated rings. The molecule has 3 aromatic rings. The Morgan fingerprint density at radius 1 is 1.11 bits per heavy atom. The van der Waals surface area contributed by atoms with E-state index in [4.69, 9.17) is 40.5 Å². The fourth-order valence-electron chi connectivity index (χ4n) is 9.47. The first kappa shape index (κ1) is 44.2. The molecule has 332 valence electrons. The van der Waals surface area contributed by atoms with Crippen LogP contribution in [-0.4, -0.2) is 121 Å². The Morgan fingerprint density at radius 3 is 2.52 bits per heavy atom. The summed E-state index contributed by atoms with van der Waals surface area (Å²) < 4.78 is 52.6. The van der Waals surface area contributed by atoms with Crippen molar-refractivity contribution in [3.63, 3.8) is 0 Å². The molecule has 0 spiro atoms. The number of fused-ring (bicyclic) bond motifs is 2. The Kier molecular flexibility index (Phi) is 12.5. The molecule has 61 heavy (non-hydrogen) atoms. The van der Waals surface area contributed by atoms with Crippen LogP contribution in [0.4, 0.5) is 0 Å². The molecule has 6 atom stereocenters.